The molecular weight excluding hydrogens is 364 g/mol. The summed E-state index contributed by atoms with van der Waals surface area (Å²) in [6.45, 7) is 17.4. The van der Waals surface area contributed by atoms with Gasteiger partial charge in [-0.1, -0.05) is 72.5 Å². The van der Waals surface area contributed by atoms with Gasteiger partial charge in [0.05, 0.1) is 6.10 Å². The van der Waals surface area contributed by atoms with Crippen LogP contribution in [0.25, 0.3) is 0 Å². The lowest BCUT2D eigenvalue weighted by molar-refractivity contribution is -0.0779. The summed E-state index contributed by atoms with van der Waals surface area (Å²) in [4.78, 5) is 0. The van der Waals surface area contributed by atoms with E-state index >= 15 is 0 Å². The van der Waals surface area contributed by atoms with Crippen molar-refractivity contribution in [3.63, 3.8) is 0 Å². The Balaban J connectivity index is 1.55. The smallest absolute Gasteiger partial charge is 0.0568 e. The number of hydrogen-bond acceptors (Lipinski definition) is 1. The van der Waals surface area contributed by atoms with Crippen molar-refractivity contribution in [2.75, 3.05) is 0 Å². The molecule has 0 amide bonds. The largest absolute Gasteiger partial charge is 0.393 e. The lowest BCUT2D eigenvalue weighted by Gasteiger charge is -2.58. The predicted molar refractivity (Wildman–Crippen MR) is 128 cm³/mol. The van der Waals surface area contributed by atoms with Crippen LogP contribution in [0.4, 0.5) is 0 Å². The highest BCUT2D eigenvalue weighted by molar-refractivity contribution is 5.35. The van der Waals surface area contributed by atoms with Crippen molar-refractivity contribution in [3.05, 3.63) is 11.1 Å². The standard InChI is InChI=1S/C29H50O/c1-18(2)19(3)8-9-20(4)23-12-13-25-22-10-11-24-21(5)27(30)15-17-29(24,7)26(22)14-16-28(23,25)6/h18-21,23-24,26-27,30H,8-17H2,1-7H3/t19-,20+,21?,23+,24?,26-,27-,28+,29-/m0/s1. The Kier molecular flexibility index (Phi) is 6.28. The molecule has 0 aromatic heterocycles. The molecular formula is C29H50O. The first-order chi connectivity index (χ1) is 14.1. The van der Waals surface area contributed by atoms with Crippen LogP contribution in [-0.2, 0) is 0 Å². The molecule has 0 spiro atoms. The average molecular weight is 415 g/mol. The van der Waals surface area contributed by atoms with Gasteiger partial charge in [-0.25, -0.2) is 0 Å². The summed E-state index contributed by atoms with van der Waals surface area (Å²) in [6, 6.07) is 0. The molecule has 0 radical (unpaired) electrons. The molecule has 0 heterocycles. The quantitative estimate of drug-likeness (QED) is 0.451. The summed E-state index contributed by atoms with van der Waals surface area (Å²) in [7, 11) is 0. The molecule has 0 saturated heterocycles. The highest BCUT2D eigenvalue weighted by Gasteiger charge is 2.56. The molecule has 30 heavy (non-hydrogen) atoms. The molecule has 0 bridgehead atoms. The van der Waals surface area contributed by atoms with E-state index in [1.165, 1.54) is 57.8 Å². The van der Waals surface area contributed by atoms with E-state index in [9.17, 15) is 5.11 Å². The third-order valence-electron chi connectivity index (χ3n) is 11.5. The van der Waals surface area contributed by atoms with Crippen LogP contribution in [0, 0.1) is 52.3 Å². The van der Waals surface area contributed by atoms with E-state index in [0.717, 1.165) is 41.9 Å². The maximum atomic E-state index is 10.5. The number of aliphatic hydroxyl groups is 1. The lowest BCUT2D eigenvalue weighted by Crippen LogP contribution is -2.51. The molecule has 1 heteroatoms. The van der Waals surface area contributed by atoms with Gasteiger partial charge in [-0.3, -0.25) is 0 Å². The van der Waals surface area contributed by atoms with Gasteiger partial charge in [-0.05, 0) is 104 Å². The highest BCUT2D eigenvalue weighted by Crippen LogP contribution is 2.66. The average Bonchev–Trinajstić information content (AvgIpc) is 3.06. The van der Waals surface area contributed by atoms with Gasteiger partial charge < -0.3 is 5.11 Å². The van der Waals surface area contributed by atoms with Gasteiger partial charge in [0.25, 0.3) is 0 Å². The number of hydrogen-bond donors (Lipinski definition) is 1. The van der Waals surface area contributed by atoms with E-state index in [1.807, 2.05) is 11.1 Å². The monoisotopic (exact) mass is 414 g/mol. The van der Waals surface area contributed by atoms with E-state index in [0.29, 0.717) is 16.7 Å². The van der Waals surface area contributed by atoms with Crippen LogP contribution in [0.2, 0.25) is 0 Å². The molecule has 0 aromatic rings. The fourth-order valence-electron chi connectivity index (χ4n) is 8.96. The minimum Gasteiger partial charge on any atom is -0.393 e. The van der Waals surface area contributed by atoms with Crippen molar-refractivity contribution in [3.8, 4) is 0 Å². The Morgan fingerprint density at radius 1 is 0.933 bits per heavy atom. The topological polar surface area (TPSA) is 20.2 Å². The molecule has 4 aliphatic rings. The first kappa shape index (κ1) is 22.9. The van der Waals surface area contributed by atoms with Crippen LogP contribution in [0.3, 0.4) is 0 Å². The maximum Gasteiger partial charge on any atom is 0.0568 e. The van der Waals surface area contributed by atoms with E-state index in [4.69, 9.17) is 0 Å². The van der Waals surface area contributed by atoms with Crippen LogP contribution in [-0.4, -0.2) is 11.2 Å². The van der Waals surface area contributed by atoms with Crippen molar-refractivity contribution in [2.45, 2.75) is 119 Å². The van der Waals surface area contributed by atoms with Gasteiger partial charge in [-0.15, -0.1) is 0 Å². The summed E-state index contributed by atoms with van der Waals surface area (Å²) in [5, 5.41) is 10.5. The van der Waals surface area contributed by atoms with Gasteiger partial charge in [-0.2, -0.15) is 0 Å². The fraction of sp³-hybridized carbons (Fsp3) is 0.931. The van der Waals surface area contributed by atoms with Crippen molar-refractivity contribution in [1.82, 2.24) is 0 Å². The van der Waals surface area contributed by atoms with Crippen LogP contribution in [0.5, 0.6) is 0 Å². The first-order valence-electron chi connectivity index (χ1n) is 13.5. The van der Waals surface area contributed by atoms with Crippen molar-refractivity contribution >= 4 is 0 Å². The Labute approximate surface area is 187 Å². The van der Waals surface area contributed by atoms with E-state index in [1.54, 1.807) is 0 Å². The van der Waals surface area contributed by atoms with Crippen LogP contribution in [0.1, 0.15) is 113 Å². The number of fused-ring (bicyclic) bond motifs is 4. The third kappa shape index (κ3) is 3.54. The molecule has 0 aromatic carbocycles. The fourth-order valence-corrected chi connectivity index (χ4v) is 8.96. The summed E-state index contributed by atoms with van der Waals surface area (Å²) in [5.41, 5.74) is 4.76. The summed E-state index contributed by atoms with van der Waals surface area (Å²) in [6.07, 6.45) is 13.3. The minimum atomic E-state index is -0.0592. The van der Waals surface area contributed by atoms with E-state index in [-0.39, 0.29) is 6.10 Å². The van der Waals surface area contributed by atoms with Crippen LogP contribution >= 0.6 is 0 Å². The molecule has 1 nitrogen and oxygen atoms in total. The maximum absolute atomic E-state index is 10.5. The van der Waals surface area contributed by atoms with Crippen molar-refractivity contribution < 1.29 is 5.11 Å². The van der Waals surface area contributed by atoms with Crippen molar-refractivity contribution in [1.29, 1.82) is 0 Å². The molecule has 3 fully saturated rings. The Hall–Kier alpha value is -0.300. The highest BCUT2D eigenvalue weighted by atomic mass is 16.3. The summed E-state index contributed by atoms with van der Waals surface area (Å²) < 4.78 is 0. The SMILES string of the molecule is CC(C)[C@@H](C)CC[C@@H](C)[C@H]1CCC2=C3CCC4C(C)[C@@H](O)CC[C@]4(C)[C@H]3CC[C@@]21C. The van der Waals surface area contributed by atoms with E-state index < -0.39 is 0 Å². The number of aliphatic hydroxyl groups excluding tert-OH is 1. The molecule has 4 rings (SSSR count). The zero-order valence-corrected chi connectivity index (χ0v) is 21.1. The molecule has 3 saturated carbocycles. The third-order valence-corrected chi connectivity index (χ3v) is 11.5. The molecule has 4 aliphatic carbocycles. The van der Waals surface area contributed by atoms with Gasteiger partial charge in [0.1, 0.15) is 0 Å². The molecule has 2 unspecified atom stereocenters. The zero-order chi connectivity index (χ0) is 21.8. The minimum absolute atomic E-state index is 0.0592. The van der Waals surface area contributed by atoms with Gasteiger partial charge in [0.15, 0.2) is 0 Å². The normalized spacial score (nSPS) is 45.7. The van der Waals surface area contributed by atoms with Gasteiger partial charge in [0.2, 0.25) is 0 Å². The van der Waals surface area contributed by atoms with Crippen molar-refractivity contribution in [2.24, 2.45) is 52.3 Å². The summed E-state index contributed by atoms with van der Waals surface area (Å²) in [5.74, 6) is 5.47. The first-order valence-corrected chi connectivity index (χ1v) is 13.5. The second-order valence-corrected chi connectivity index (χ2v) is 13.0. The summed E-state index contributed by atoms with van der Waals surface area (Å²) >= 11 is 0. The second-order valence-electron chi connectivity index (χ2n) is 13.0. The molecule has 1 N–H and O–H groups in total. The molecule has 0 aliphatic heterocycles. The Morgan fingerprint density at radius 2 is 1.67 bits per heavy atom. The number of rotatable bonds is 5. The van der Waals surface area contributed by atoms with Crippen LogP contribution in [0.15, 0.2) is 11.1 Å². The molecule has 9 atom stereocenters. The van der Waals surface area contributed by atoms with E-state index in [2.05, 4.69) is 48.5 Å². The lowest BCUT2D eigenvalue weighted by atomic mass is 9.47. The molecule has 172 valence electrons. The Bertz CT molecular complexity index is 661. The predicted octanol–water partition coefficient (Wildman–Crippen LogP) is 8.02. The van der Waals surface area contributed by atoms with Crippen LogP contribution < -0.4 is 0 Å². The van der Waals surface area contributed by atoms with Gasteiger partial charge in [0, 0.05) is 0 Å². The second kappa shape index (κ2) is 8.24. The number of allylic oxidation sites excluding steroid dienone is 2. The Morgan fingerprint density at radius 3 is 2.37 bits per heavy atom. The zero-order valence-electron chi connectivity index (χ0n) is 21.1. The van der Waals surface area contributed by atoms with Gasteiger partial charge >= 0.3 is 0 Å².